The molecule has 0 heterocycles. The summed E-state index contributed by atoms with van der Waals surface area (Å²) < 4.78 is 10.7. The molecular weight excluding hydrogens is 342 g/mol. The molecule has 0 spiro atoms. The van der Waals surface area contributed by atoms with Crippen molar-refractivity contribution in [2.24, 2.45) is 0 Å². The molecular formula is C22H27NO4. The largest absolute Gasteiger partial charge is 0.460 e. The van der Waals surface area contributed by atoms with Crippen molar-refractivity contribution in [1.82, 2.24) is 5.32 Å². The zero-order valence-electron chi connectivity index (χ0n) is 16.1. The molecule has 2 aromatic rings. The molecule has 0 aliphatic carbocycles. The number of hydrogen-bond acceptors (Lipinski definition) is 5. The first-order valence-corrected chi connectivity index (χ1v) is 9.03. The lowest BCUT2D eigenvalue weighted by molar-refractivity contribution is -0.154. The maximum absolute atomic E-state index is 12.6. The quantitative estimate of drug-likeness (QED) is 0.724. The lowest BCUT2D eigenvalue weighted by atomic mass is 10.1. The zero-order valence-corrected chi connectivity index (χ0v) is 16.1. The molecule has 0 fully saturated rings. The summed E-state index contributed by atoms with van der Waals surface area (Å²) in [5, 5.41) is 2.98. The Balaban J connectivity index is 1.97. The second kappa shape index (κ2) is 9.88. The molecule has 1 N–H and O–H groups in total. The van der Waals surface area contributed by atoms with Crippen LogP contribution in [0.5, 0.6) is 0 Å². The second-order valence-corrected chi connectivity index (χ2v) is 7.30. The van der Waals surface area contributed by atoms with Gasteiger partial charge in [-0.25, -0.2) is 0 Å². The molecule has 0 saturated carbocycles. The molecule has 1 atom stereocenters. The highest BCUT2D eigenvalue weighted by Crippen LogP contribution is 2.09. The van der Waals surface area contributed by atoms with Crippen LogP contribution in [-0.2, 0) is 32.1 Å². The summed E-state index contributed by atoms with van der Waals surface area (Å²) in [4.78, 5) is 24.6. The van der Waals surface area contributed by atoms with E-state index in [1.54, 1.807) is 20.8 Å². The van der Waals surface area contributed by atoms with Gasteiger partial charge in [0, 0.05) is 0 Å². The monoisotopic (exact) mass is 369 g/mol. The summed E-state index contributed by atoms with van der Waals surface area (Å²) in [5.74, 6) is -0.803. The highest BCUT2D eigenvalue weighted by molar-refractivity contribution is 5.78. The highest BCUT2D eigenvalue weighted by atomic mass is 16.6. The number of hydrogen-bond donors (Lipinski definition) is 1. The van der Waals surface area contributed by atoms with E-state index in [0.717, 1.165) is 11.1 Å². The molecule has 0 aromatic heterocycles. The third-order valence-corrected chi connectivity index (χ3v) is 3.70. The van der Waals surface area contributed by atoms with Gasteiger partial charge in [0.1, 0.15) is 18.2 Å². The number of esters is 2. The van der Waals surface area contributed by atoms with Crippen molar-refractivity contribution in [3.8, 4) is 0 Å². The first kappa shape index (κ1) is 20.6. The van der Waals surface area contributed by atoms with Gasteiger partial charge in [-0.1, -0.05) is 60.7 Å². The van der Waals surface area contributed by atoms with Crippen LogP contribution < -0.4 is 5.32 Å². The summed E-state index contributed by atoms with van der Waals surface area (Å²) in [6.45, 7) is 5.55. The van der Waals surface area contributed by atoms with Gasteiger partial charge in [-0.2, -0.15) is 0 Å². The van der Waals surface area contributed by atoms with E-state index in [0.29, 0.717) is 6.42 Å². The Labute approximate surface area is 160 Å². The number of benzene rings is 2. The van der Waals surface area contributed by atoms with Crippen molar-refractivity contribution in [2.45, 2.75) is 45.4 Å². The summed E-state index contributed by atoms with van der Waals surface area (Å²) in [5.41, 5.74) is 1.33. The molecule has 144 valence electrons. The number of nitrogens with one attached hydrogen (secondary N) is 1. The van der Waals surface area contributed by atoms with Gasteiger partial charge in [0.15, 0.2) is 0 Å². The van der Waals surface area contributed by atoms with E-state index in [1.807, 2.05) is 60.7 Å². The third-order valence-electron chi connectivity index (χ3n) is 3.70. The van der Waals surface area contributed by atoms with E-state index in [-0.39, 0.29) is 13.2 Å². The molecule has 2 aromatic carbocycles. The van der Waals surface area contributed by atoms with Gasteiger partial charge < -0.3 is 9.47 Å². The van der Waals surface area contributed by atoms with Crippen LogP contribution in [-0.4, -0.2) is 30.1 Å². The van der Waals surface area contributed by atoms with E-state index in [1.165, 1.54) is 0 Å². The number of rotatable bonds is 8. The minimum absolute atomic E-state index is 0.0603. The van der Waals surface area contributed by atoms with Crippen LogP contribution >= 0.6 is 0 Å². The van der Waals surface area contributed by atoms with E-state index in [4.69, 9.17) is 9.47 Å². The van der Waals surface area contributed by atoms with Crippen molar-refractivity contribution >= 4 is 11.9 Å². The first-order valence-electron chi connectivity index (χ1n) is 9.03. The molecule has 0 saturated heterocycles. The van der Waals surface area contributed by atoms with Crippen molar-refractivity contribution in [1.29, 1.82) is 0 Å². The maximum Gasteiger partial charge on any atom is 0.323 e. The predicted octanol–water partition coefficient (Wildman–Crippen LogP) is 3.27. The van der Waals surface area contributed by atoms with Crippen LogP contribution in [0, 0.1) is 0 Å². The molecule has 0 amide bonds. The summed E-state index contributed by atoms with van der Waals surface area (Å²) in [7, 11) is 0. The molecule has 5 heteroatoms. The molecule has 0 aliphatic rings. The van der Waals surface area contributed by atoms with Gasteiger partial charge in [-0.3, -0.25) is 14.9 Å². The van der Waals surface area contributed by atoms with Crippen LogP contribution in [0.2, 0.25) is 0 Å². The molecule has 0 bridgehead atoms. The van der Waals surface area contributed by atoms with Crippen molar-refractivity contribution < 1.29 is 19.1 Å². The summed E-state index contributed by atoms with van der Waals surface area (Å²) >= 11 is 0. The normalized spacial score (nSPS) is 12.3. The number of carbonyl (C=O) groups is 2. The van der Waals surface area contributed by atoms with Crippen LogP contribution in [0.1, 0.15) is 31.9 Å². The lowest BCUT2D eigenvalue weighted by Gasteiger charge is -2.21. The fraction of sp³-hybridized carbons (Fsp3) is 0.364. The minimum Gasteiger partial charge on any atom is -0.460 e. The van der Waals surface area contributed by atoms with E-state index in [2.05, 4.69) is 5.32 Å². The van der Waals surface area contributed by atoms with E-state index < -0.39 is 23.6 Å². The topological polar surface area (TPSA) is 64.6 Å². The Hall–Kier alpha value is -2.66. The van der Waals surface area contributed by atoms with Gasteiger partial charge >= 0.3 is 11.9 Å². The number of carbonyl (C=O) groups excluding carboxylic acids is 2. The SMILES string of the molecule is CC(C)(C)OC(=O)CN[C@@H](Cc1ccccc1)C(=O)OCc1ccccc1. The van der Waals surface area contributed by atoms with Gasteiger partial charge in [-0.15, -0.1) is 0 Å². The summed E-state index contributed by atoms with van der Waals surface area (Å²) in [6, 6.07) is 18.5. The Morgan fingerprint density at radius 3 is 2.04 bits per heavy atom. The highest BCUT2D eigenvalue weighted by Gasteiger charge is 2.23. The third kappa shape index (κ3) is 8.05. The molecule has 0 aliphatic heterocycles. The Morgan fingerprint density at radius 2 is 1.48 bits per heavy atom. The van der Waals surface area contributed by atoms with E-state index in [9.17, 15) is 9.59 Å². The van der Waals surface area contributed by atoms with Gasteiger partial charge in [0.05, 0.1) is 6.54 Å². The van der Waals surface area contributed by atoms with Crippen LogP contribution in [0.3, 0.4) is 0 Å². The average molecular weight is 369 g/mol. The molecule has 27 heavy (non-hydrogen) atoms. The Bertz CT molecular complexity index is 723. The van der Waals surface area contributed by atoms with Crippen molar-refractivity contribution in [2.75, 3.05) is 6.54 Å². The maximum atomic E-state index is 12.6. The number of ether oxygens (including phenoxy) is 2. The first-order chi connectivity index (χ1) is 12.8. The smallest absolute Gasteiger partial charge is 0.323 e. The lowest BCUT2D eigenvalue weighted by Crippen LogP contribution is -2.43. The molecule has 2 rings (SSSR count). The van der Waals surface area contributed by atoms with Crippen LogP contribution in [0.15, 0.2) is 60.7 Å². The molecule has 0 radical (unpaired) electrons. The second-order valence-electron chi connectivity index (χ2n) is 7.30. The van der Waals surface area contributed by atoms with Gasteiger partial charge in [0.2, 0.25) is 0 Å². The minimum atomic E-state index is -0.636. The molecule has 5 nitrogen and oxygen atoms in total. The fourth-order valence-corrected chi connectivity index (χ4v) is 2.50. The van der Waals surface area contributed by atoms with Crippen molar-refractivity contribution in [3.63, 3.8) is 0 Å². The van der Waals surface area contributed by atoms with Crippen molar-refractivity contribution in [3.05, 3.63) is 71.8 Å². The Kier molecular flexibility index (Phi) is 7.55. The summed E-state index contributed by atoms with van der Waals surface area (Å²) in [6.07, 6.45) is 0.428. The van der Waals surface area contributed by atoms with E-state index >= 15 is 0 Å². The zero-order chi connectivity index (χ0) is 19.7. The average Bonchev–Trinajstić information content (AvgIpc) is 2.63. The predicted molar refractivity (Wildman–Crippen MR) is 104 cm³/mol. The van der Waals surface area contributed by atoms with Gasteiger partial charge in [0.25, 0.3) is 0 Å². The Morgan fingerprint density at radius 1 is 0.926 bits per heavy atom. The van der Waals surface area contributed by atoms with Crippen LogP contribution in [0.4, 0.5) is 0 Å². The fourth-order valence-electron chi connectivity index (χ4n) is 2.50. The standard InChI is InChI=1S/C22H27NO4/c1-22(2,3)27-20(24)15-23-19(14-17-10-6-4-7-11-17)21(25)26-16-18-12-8-5-9-13-18/h4-13,19,23H,14-16H2,1-3H3/t19-/m0/s1. The van der Waals surface area contributed by atoms with Crippen LogP contribution in [0.25, 0.3) is 0 Å². The van der Waals surface area contributed by atoms with Gasteiger partial charge in [-0.05, 0) is 38.3 Å². The molecule has 0 unspecified atom stereocenters.